The Morgan fingerprint density at radius 2 is 2.10 bits per heavy atom. The number of hydrogen-bond donors (Lipinski definition) is 3. The van der Waals surface area contributed by atoms with Crippen molar-refractivity contribution in [1.29, 1.82) is 0 Å². The largest absolute Gasteiger partial charge is 0.480 e. The Labute approximate surface area is 126 Å². The molecule has 3 N–H and O–H groups in total. The molecule has 0 fully saturated rings. The summed E-state index contributed by atoms with van der Waals surface area (Å²) in [7, 11) is 0. The van der Waals surface area contributed by atoms with Crippen LogP contribution in [-0.2, 0) is 11.3 Å². The van der Waals surface area contributed by atoms with Crippen LogP contribution in [0.1, 0.15) is 25.8 Å². The Hall–Kier alpha value is -1.56. The van der Waals surface area contributed by atoms with Gasteiger partial charge in [0.15, 0.2) is 0 Å². The van der Waals surface area contributed by atoms with Gasteiger partial charge in [-0.15, -0.1) is 0 Å². The number of aliphatic carboxylic acids is 1. The van der Waals surface area contributed by atoms with Gasteiger partial charge >= 0.3 is 12.0 Å². The zero-order chi connectivity index (χ0) is 15.1. The van der Waals surface area contributed by atoms with Crippen molar-refractivity contribution >= 4 is 27.9 Å². The van der Waals surface area contributed by atoms with E-state index in [1.165, 1.54) is 0 Å². The van der Waals surface area contributed by atoms with E-state index < -0.39 is 18.0 Å². The molecule has 0 bridgehead atoms. The number of urea groups is 1. The molecule has 6 heteroatoms. The third kappa shape index (κ3) is 5.21. The first-order valence-corrected chi connectivity index (χ1v) is 7.25. The molecule has 0 aliphatic heterocycles. The summed E-state index contributed by atoms with van der Waals surface area (Å²) in [5, 5.41) is 14.2. The first-order chi connectivity index (χ1) is 9.43. The molecule has 0 heterocycles. The minimum atomic E-state index is -1.02. The van der Waals surface area contributed by atoms with E-state index in [1.807, 2.05) is 31.2 Å². The van der Waals surface area contributed by atoms with E-state index in [1.54, 1.807) is 6.92 Å². The molecule has 1 aromatic rings. The summed E-state index contributed by atoms with van der Waals surface area (Å²) in [6, 6.07) is 6.20. The number of nitrogens with one attached hydrogen (secondary N) is 2. The van der Waals surface area contributed by atoms with Crippen LogP contribution in [-0.4, -0.2) is 23.1 Å². The van der Waals surface area contributed by atoms with Crippen LogP contribution in [0.4, 0.5) is 4.79 Å². The molecule has 0 aromatic heterocycles. The number of carbonyl (C=O) groups excluding carboxylic acids is 1. The average Bonchev–Trinajstić information content (AvgIpc) is 2.41. The molecule has 1 unspecified atom stereocenters. The molecule has 1 aromatic carbocycles. The monoisotopic (exact) mass is 342 g/mol. The Morgan fingerprint density at radius 3 is 2.65 bits per heavy atom. The number of halogens is 1. The molecule has 0 spiro atoms. The van der Waals surface area contributed by atoms with Crippen LogP contribution >= 0.6 is 15.9 Å². The zero-order valence-electron chi connectivity index (χ0n) is 11.5. The van der Waals surface area contributed by atoms with E-state index in [0.717, 1.165) is 10.0 Å². The average molecular weight is 343 g/mol. The Bertz CT molecular complexity index is 479. The van der Waals surface area contributed by atoms with Gasteiger partial charge in [-0.25, -0.2) is 9.59 Å². The van der Waals surface area contributed by atoms with Crippen LogP contribution in [0.5, 0.6) is 0 Å². The topological polar surface area (TPSA) is 78.4 Å². The normalized spacial score (nSPS) is 13.3. The molecule has 0 aliphatic rings. The minimum absolute atomic E-state index is 0.121. The summed E-state index contributed by atoms with van der Waals surface area (Å²) < 4.78 is 0.931. The fraction of sp³-hybridized carbons (Fsp3) is 0.429. The van der Waals surface area contributed by atoms with Crippen molar-refractivity contribution in [3.63, 3.8) is 0 Å². The maximum Gasteiger partial charge on any atom is 0.326 e. The fourth-order valence-electron chi connectivity index (χ4n) is 1.70. The number of carbonyl (C=O) groups is 2. The van der Waals surface area contributed by atoms with E-state index in [-0.39, 0.29) is 5.92 Å². The van der Waals surface area contributed by atoms with Gasteiger partial charge in [0.25, 0.3) is 0 Å². The van der Waals surface area contributed by atoms with Gasteiger partial charge in [-0.05, 0) is 23.6 Å². The van der Waals surface area contributed by atoms with Gasteiger partial charge in [0.1, 0.15) is 6.04 Å². The van der Waals surface area contributed by atoms with Crippen LogP contribution in [0.2, 0.25) is 0 Å². The second-order valence-corrected chi connectivity index (χ2v) is 5.57. The van der Waals surface area contributed by atoms with Crippen molar-refractivity contribution < 1.29 is 14.7 Å². The highest BCUT2D eigenvalue weighted by molar-refractivity contribution is 9.10. The Morgan fingerprint density at radius 1 is 1.40 bits per heavy atom. The lowest BCUT2D eigenvalue weighted by molar-refractivity contribution is -0.140. The molecular weight excluding hydrogens is 324 g/mol. The molecule has 0 saturated heterocycles. The van der Waals surface area contributed by atoms with E-state index in [9.17, 15) is 9.59 Å². The highest BCUT2D eigenvalue weighted by Gasteiger charge is 2.24. The second kappa shape index (κ2) is 7.89. The van der Waals surface area contributed by atoms with Crippen LogP contribution in [0.25, 0.3) is 0 Å². The molecule has 0 aliphatic carbocycles. The summed E-state index contributed by atoms with van der Waals surface area (Å²) in [6.45, 7) is 4.03. The number of carboxylic acids is 1. The Kier molecular flexibility index (Phi) is 6.51. The summed E-state index contributed by atoms with van der Waals surface area (Å²) in [5.41, 5.74) is 0.935. The van der Waals surface area contributed by atoms with E-state index >= 15 is 0 Å². The molecule has 110 valence electrons. The van der Waals surface area contributed by atoms with Gasteiger partial charge in [0, 0.05) is 11.0 Å². The number of benzene rings is 1. The van der Waals surface area contributed by atoms with Crippen LogP contribution < -0.4 is 10.6 Å². The van der Waals surface area contributed by atoms with Crippen molar-refractivity contribution in [3.05, 3.63) is 34.3 Å². The molecule has 20 heavy (non-hydrogen) atoms. The lowest BCUT2D eigenvalue weighted by Crippen LogP contribution is -2.48. The van der Waals surface area contributed by atoms with Crippen molar-refractivity contribution in [2.75, 3.05) is 0 Å². The predicted molar refractivity (Wildman–Crippen MR) is 80.4 cm³/mol. The molecule has 0 radical (unpaired) electrons. The van der Waals surface area contributed by atoms with Gasteiger partial charge in [0.2, 0.25) is 0 Å². The second-order valence-electron chi connectivity index (χ2n) is 4.66. The predicted octanol–water partition coefficient (Wildman–Crippen LogP) is 2.75. The third-order valence-corrected chi connectivity index (χ3v) is 3.60. The van der Waals surface area contributed by atoms with Gasteiger partial charge in [-0.3, -0.25) is 0 Å². The summed E-state index contributed by atoms with van der Waals surface area (Å²) in [5.74, 6) is -1.14. The lowest BCUT2D eigenvalue weighted by Gasteiger charge is -2.20. The van der Waals surface area contributed by atoms with Gasteiger partial charge < -0.3 is 15.7 Å². The van der Waals surface area contributed by atoms with Crippen molar-refractivity contribution in [1.82, 2.24) is 10.6 Å². The Balaban J connectivity index is 2.52. The minimum Gasteiger partial charge on any atom is -0.480 e. The molecule has 1 rings (SSSR count). The molecule has 0 saturated carbocycles. The molecule has 5 nitrogen and oxygen atoms in total. The third-order valence-electron chi connectivity index (χ3n) is 3.11. The SMILES string of the molecule is CCC(C)[C@H](NC(=O)NCc1cccc(Br)c1)C(=O)O. The van der Waals surface area contributed by atoms with Crippen LogP contribution in [0.15, 0.2) is 28.7 Å². The smallest absolute Gasteiger partial charge is 0.326 e. The maximum absolute atomic E-state index is 11.7. The summed E-state index contributed by atoms with van der Waals surface area (Å²) in [4.78, 5) is 22.8. The lowest BCUT2D eigenvalue weighted by atomic mass is 9.99. The zero-order valence-corrected chi connectivity index (χ0v) is 13.1. The summed E-state index contributed by atoms with van der Waals surface area (Å²) in [6.07, 6.45) is 0.683. The quantitative estimate of drug-likeness (QED) is 0.743. The van der Waals surface area contributed by atoms with Crippen molar-refractivity contribution in [2.45, 2.75) is 32.9 Å². The number of rotatable bonds is 6. The van der Waals surface area contributed by atoms with E-state index in [4.69, 9.17) is 5.11 Å². The first-order valence-electron chi connectivity index (χ1n) is 6.45. The number of amides is 2. The fourth-order valence-corrected chi connectivity index (χ4v) is 2.15. The molecule has 2 atom stereocenters. The molecule has 2 amide bonds. The number of carboxylic acid groups (broad SMARTS) is 1. The summed E-state index contributed by atoms with van der Waals surface area (Å²) >= 11 is 3.35. The van der Waals surface area contributed by atoms with Gasteiger partial charge in [-0.2, -0.15) is 0 Å². The first kappa shape index (κ1) is 16.5. The molecular formula is C14H19BrN2O3. The van der Waals surface area contributed by atoms with Crippen molar-refractivity contribution in [3.8, 4) is 0 Å². The van der Waals surface area contributed by atoms with Gasteiger partial charge in [0.05, 0.1) is 0 Å². The van der Waals surface area contributed by atoms with E-state index in [0.29, 0.717) is 13.0 Å². The van der Waals surface area contributed by atoms with Crippen molar-refractivity contribution in [2.24, 2.45) is 5.92 Å². The van der Waals surface area contributed by atoms with Crippen LogP contribution in [0, 0.1) is 5.92 Å². The highest BCUT2D eigenvalue weighted by Crippen LogP contribution is 2.11. The standard InChI is InChI=1S/C14H19BrN2O3/c1-3-9(2)12(13(18)19)17-14(20)16-8-10-5-4-6-11(15)7-10/h4-7,9,12H,3,8H2,1-2H3,(H,18,19)(H2,16,17,20)/t9?,12-/m0/s1. The number of hydrogen-bond acceptors (Lipinski definition) is 2. The maximum atomic E-state index is 11.7. The van der Waals surface area contributed by atoms with Gasteiger partial charge in [-0.1, -0.05) is 48.3 Å². The van der Waals surface area contributed by atoms with E-state index in [2.05, 4.69) is 26.6 Å². The van der Waals surface area contributed by atoms with Crippen LogP contribution in [0.3, 0.4) is 0 Å². The highest BCUT2D eigenvalue weighted by atomic mass is 79.9.